The predicted octanol–water partition coefficient (Wildman–Crippen LogP) is 4.69. The minimum atomic E-state index is -0.424. The molecule has 0 aliphatic heterocycles. The van der Waals surface area contributed by atoms with Gasteiger partial charge in [0.05, 0.1) is 17.6 Å². The van der Waals surface area contributed by atoms with Gasteiger partial charge in [-0.05, 0) is 46.3 Å². The molecule has 0 saturated carbocycles. The normalized spacial score (nSPS) is 13.6. The fourth-order valence-electron chi connectivity index (χ4n) is 2.32. The lowest BCUT2D eigenvalue weighted by Crippen LogP contribution is -2.25. The lowest BCUT2D eigenvalue weighted by molar-refractivity contribution is 0.671. The van der Waals surface area contributed by atoms with Gasteiger partial charge in [0.2, 0.25) is 0 Å². The van der Waals surface area contributed by atoms with Crippen molar-refractivity contribution in [3.05, 3.63) is 71.0 Å². The maximum atomic E-state index is 14.2. The van der Waals surface area contributed by atoms with Gasteiger partial charge in [0.25, 0.3) is 0 Å². The zero-order valence-corrected chi connectivity index (χ0v) is 17.1. The average Bonchev–Trinajstić information content (AvgIpc) is 2.63. The maximum Gasteiger partial charge on any atom is 0.162 e. The number of aryl methyl sites for hydroxylation is 1. The van der Waals surface area contributed by atoms with E-state index in [4.69, 9.17) is 0 Å². The summed E-state index contributed by atoms with van der Waals surface area (Å²) in [5.41, 5.74) is 4.96. The predicted molar refractivity (Wildman–Crippen MR) is 115 cm³/mol. The number of rotatable bonds is 10. The lowest BCUT2D eigenvalue weighted by atomic mass is 10.0. The molecule has 0 amide bonds. The molecular weight excluding hydrogens is 339 g/mol. The van der Waals surface area contributed by atoms with Crippen molar-refractivity contribution < 1.29 is 4.39 Å². The Kier molecular flexibility index (Phi) is 9.80. The molecule has 0 radical (unpaired) electrons. The molecule has 2 N–H and O–H groups in total. The van der Waals surface area contributed by atoms with Gasteiger partial charge in [0.15, 0.2) is 5.83 Å². The van der Waals surface area contributed by atoms with Crippen LogP contribution in [0.4, 0.5) is 4.39 Å². The Hall–Kier alpha value is -2.69. The molecule has 0 atom stereocenters. The first-order valence-corrected chi connectivity index (χ1v) is 9.17. The van der Waals surface area contributed by atoms with Gasteiger partial charge in [-0.15, -0.1) is 0 Å². The highest BCUT2D eigenvalue weighted by molar-refractivity contribution is 6.10. The third-order valence-electron chi connectivity index (χ3n) is 3.75. The zero-order chi connectivity index (χ0) is 20.2. The molecule has 1 rings (SSSR count). The molecule has 4 nitrogen and oxygen atoms in total. The van der Waals surface area contributed by atoms with E-state index in [9.17, 15) is 4.39 Å². The Bertz CT molecular complexity index is 757. The SMILES string of the molecule is C=C(C)NCCN/C(C)=C/C(=N/C(C)=C(\F)C=NCC)c1ccccc1C. The minimum absolute atomic E-state index is 0.304. The van der Waals surface area contributed by atoms with Gasteiger partial charge in [-0.3, -0.25) is 4.99 Å². The molecule has 0 aliphatic rings. The van der Waals surface area contributed by atoms with Crippen molar-refractivity contribution in [1.29, 1.82) is 0 Å². The third kappa shape index (κ3) is 8.49. The fourth-order valence-corrected chi connectivity index (χ4v) is 2.32. The van der Waals surface area contributed by atoms with E-state index < -0.39 is 5.83 Å². The van der Waals surface area contributed by atoms with Gasteiger partial charge >= 0.3 is 0 Å². The van der Waals surface area contributed by atoms with Crippen LogP contribution in [0.1, 0.15) is 38.8 Å². The highest BCUT2D eigenvalue weighted by Crippen LogP contribution is 2.14. The standard InChI is InChI=1S/C22H31FN4/c1-7-24-15-21(23)19(6)27-22(20-11-9-8-10-17(20)4)14-18(5)26-13-12-25-16(2)3/h8-11,14-15,25-26H,2,7,12-13H2,1,3-6H3/b18-14+,21-19-,24-15?,27-22-. The number of hydrogen-bond donors (Lipinski definition) is 2. The van der Waals surface area contributed by atoms with Crippen molar-refractivity contribution in [1.82, 2.24) is 10.6 Å². The molecule has 146 valence electrons. The molecule has 1 aromatic rings. The largest absolute Gasteiger partial charge is 0.387 e. The Morgan fingerprint density at radius 1 is 1.15 bits per heavy atom. The van der Waals surface area contributed by atoms with Gasteiger partial charge in [0.1, 0.15) is 0 Å². The minimum Gasteiger partial charge on any atom is -0.387 e. The molecule has 0 fully saturated rings. The molecule has 0 unspecified atom stereocenters. The summed E-state index contributed by atoms with van der Waals surface area (Å²) in [5, 5.41) is 6.51. The number of nitrogens with zero attached hydrogens (tertiary/aromatic N) is 2. The smallest absolute Gasteiger partial charge is 0.162 e. The first-order valence-electron chi connectivity index (χ1n) is 9.17. The van der Waals surface area contributed by atoms with Crippen LogP contribution in [0.15, 0.2) is 69.8 Å². The van der Waals surface area contributed by atoms with E-state index >= 15 is 0 Å². The van der Waals surface area contributed by atoms with E-state index in [1.807, 2.05) is 58.0 Å². The van der Waals surface area contributed by atoms with Gasteiger partial charge in [-0.2, -0.15) is 0 Å². The number of benzene rings is 1. The summed E-state index contributed by atoms with van der Waals surface area (Å²) in [6, 6.07) is 7.95. The first kappa shape index (κ1) is 22.4. The molecule has 0 heterocycles. The molecule has 5 heteroatoms. The molecule has 0 aromatic heterocycles. The summed E-state index contributed by atoms with van der Waals surface area (Å²) < 4.78 is 14.2. The Balaban J connectivity index is 3.14. The molecule has 1 aromatic carbocycles. The highest BCUT2D eigenvalue weighted by Gasteiger charge is 2.07. The van der Waals surface area contributed by atoms with Crippen molar-refractivity contribution in [2.45, 2.75) is 34.6 Å². The number of aliphatic imine (C=N–C) groups is 2. The number of hydrogen-bond acceptors (Lipinski definition) is 4. The van der Waals surface area contributed by atoms with Crippen LogP contribution in [-0.4, -0.2) is 31.6 Å². The van der Waals surface area contributed by atoms with E-state index in [1.165, 1.54) is 6.21 Å². The first-order chi connectivity index (χ1) is 12.8. The van der Waals surface area contributed by atoms with Crippen molar-refractivity contribution in [3.8, 4) is 0 Å². The summed E-state index contributed by atoms with van der Waals surface area (Å²) >= 11 is 0. The Morgan fingerprint density at radius 3 is 2.44 bits per heavy atom. The van der Waals surface area contributed by atoms with Crippen LogP contribution >= 0.6 is 0 Å². The molecular formula is C22H31FN4. The van der Waals surface area contributed by atoms with Gasteiger partial charge in [-0.25, -0.2) is 9.38 Å². The Morgan fingerprint density at radius 2 is 1.81 bits per heavy atom. The molecule has 0 saturated heterocycles. The summed E-state index contributed by atoms with van der Waals surface area (Å²) in [7, 11) is 0. The monoisotopic (exact) mass is 370 g/mol. The van der Waals surface area contributed by atoms with Crippen LogP contribution in [0.3, 0.4) is 0 Å². The number of allylic oxidation sites excluding steroid dienone is 5. The van der Waals surface area contributed by atoms with Crippen molar-refractivity contribution in [2.24, 2.45) is 9.98 Å². The van der Waals surface area contributed by atoms with Gasteiger partial charge in [0, 0.05) is 36.6 Å². The molecule has 0 aliphatic carbocycles. The fraction of sp³-hybridized carbons (Fsp3) is 0.364. The van der Waals surface area contributed by atoms with E-state index in [2.05, 4.69) is 27.2 Å². The lowest BCUT2D eigenvalue weighted by Gasteiger charge is -2.11. The second-order valence-electron chi connectivity index (χ2n) is 6.33. The summed E-state index contributed by atoms with van der Waals surface area (Å²) in [6.45, 7) is 15.3. The van der Waals surface area contributed by atoms with Crippen LogP contribution in [-0.2, 0) is 0 Å². The summed E-state index contributed by atoms with van der Waals surface area (Å²) in [5.74, 6) is -0.424. The number of halogens is 1. The zero-order valence-electron chi connectivity index (χ0n) is 17.1. The second-order valence-corrected chi connectivity index (χ2v) is 6.33. The van der Waals surface area contributed by atoms with Crippen LogP contribution in [0.5, 0.6) is 0 Å². The maximum absolute atomic E-state index is 14.2. The average molecular weight is 371 g/mol. The molecule has 0 bridgehead atoms. The van der Waals surface area contributed by atoms with Crippen molar-refractivity contribution >= 4 is 11.9 Å². The van der Waals surface area contributed by atoms with Crippen LogP contribution < -0.4 is 10.6 Å². The second kappa shape index (κ2) is 11.8. The van der Waals surface area contributed by atoms with E-state index in [1.54, 1.807) is 6.92 Å². The summed E-state index contributed by atoms with van der Waals surface area (Å²) in [6.07, 6.45) is 3.17. The van der Waals surface area contributed by atoms with Crippen LogP contribution in [0, 0.1) is 6.92 Å². The van der Waals surface area contributed by atoms with Gasteiger partial charge < -0.3 is 10.6 Å². The van der Waals surface area contributed by atoms with Crippen LogP contribution in [0.2, 0.25) is 0 Å². The summed E-state index contributed by atoms with van der Waals surface area (Å²) in [4.78, 5) is 8.49. The van der Waals surface area contributed by atoms with Crippen LogP contribution in [0.25, 0.3) is 0 Å². The van der Waals surface area contributed by atoms with Crippen molar-refractivity contribution in [2.75, 3.05) is 19.6 Å². The Labute approximate surface area is 162 Å². The topological polar surface area (TPSA) is 48.8 Å². The van der Waals surface area contributed by atoms with Gasteiger partial charge in [-0.1, -0.05) is 30.8 Å². The quantitative estimate of drug-likeness (QED) is 0.463. The van der Waals surface area contributed by atoms with E-state index in [-0.39, 0.29) is 0 Å². The highest BCUT2D eigenvalue weighted by atomic mass is 19.1. The number of nitrogens with one attached hydrogen (secondary N) is 2. The van der Waals surface area contributed by atoms with E-state index in [0.29, 0.717) is 18.0 Å². The molecule has 0 spiro atoms. The van der Waals surface area contributed by atoms with Crippen molar-refractivity contribution in [3.63, 3.8) is 0 Å². The third-order valence-corrected chi connectivity index (χ3v) is 3.75. The van der Waals surface area contributed by atoms with E-state index in [0.717, 1.165) is 35.6 Å². The molecule has 27 heavy (non-hydrogen) atoms.